The third-order valence-electron chi connectivity index (χ3n) is 3.15. The standard InChI is InChI=1S/C15H18N2O5/c1-15(2,3)22-14(21)17-11-6-10-8(5-12(11)18)4-9(7-16-10)13(19)20/h4,7,11H,5-6H2,1-3H3,(H,17,21)(H,19,20)/t11-/m1/s1. The molecule has 1 amide bonds. The molecule has 0 aliphatic heterocycles. The average molecular weight is 306 g/mol. The molecule has 22 heavy (non-hydrogen) atoms. The summed E-state index contributed by atoms with van der Waals surface area (Å²) in [4.78, 5) is 38.8. The smallest absolute Gasteiger partial charge is 0.408 e. The van der Waals surface area contributed by atoms with E-state index in [1.54, 1.807) is 20.8 Å². The number of pyridine rings is 1. The topological polar surface area (TPSA) is 106 Å². The molecule has 118 valence electrons. The van der Waals surface area contributed by atoms with Gasteiger partial charge in [-0.05, 0) is 32.4 Å². The fraction of sp³-hybridized carbons (Fsp3) is 0.467. The van der Waals surface area contributed by atoms with Crippen LogP contribution in [0.1, 0.15) is 42.4 Å². The maximum Gasteiger partial charge on any atom is 0.408 e. The highest BCUT2D eigenvalue weighted by Crippen LogP contribution is 2.19. The van der Waals surface area contributed by atoms with E-state index in [0.717, 1.165) is 0 Å². The van der Waals surface area contributed by atoms with Crippen LogP contribution in [0.2, 0.25) is 0 Å². The molecule has 7 nitrogen and oxygen atoms in total. The summed E-state index contributed by atoms with van der Waals surface area (Å²) < 4.78 is 5.13. The van der Waals surface area contributed by atoms with Crippen LogP contribution in [0.5, 0.6) is 0 Å². The zero-order valence-electron chi connectivity index (χ0n) is 12.7. The molecule has 0 bridgehead atoms. The van der Waals surface area contributed by atoms with Crippen LogP contribution in [-0.2, 0) is 22.4 Å². The van der Waals surface area contributed by atoms with Crippen LogP contribution in [0, 0.1) is 0 Å². The van der Waals surface area contributed by atoms with E-state index < -0.39 is 23.7 Å². The van der Waals surface area contributed by atoms with Crippen LogP contribution in [0.25, 0.3) is 0 Å². The number of ketones is 1. The van der Waals surface area contributed by atoms with Crippen molar-refractivity contribution in [2.75, 3.05) is 0 Å². The minimum atomic E-state index is -1.09. The van der Waals surface area contributed by atoms with Gasteiger partial charge in [0.1, 0.15) is 5.60 Å². The highest BCUT2D eigenvalue weighted by atomic mass is 16.6. The number of nitrogens with zero attached hydrogens (tertiary/aromatic N) is 1. The van der Waals surface area contributed by atoms with Gasteiger partial charge in [-0.1, -0.05) is 0 Å². The second-order valence-corrected chi connectivity index (χ2v) is 6.18. The first-order valence-electron chi connectivity index (χ1n) is 6.89. The number of ether oxygens (including phenoxy) is 1. The predicted molar refractivity (Wildman–Crippen MR) is 76.8 cm³/mol. The first-order chi connectivity index (χ1) is 10.2. The Hall–Kier alpha value is -2.44. The number of nitrogens with one attached hydrogen (secondary N) is 1. The molecule has 1 aliphatic carbocycles. The van der Waals surface area contributed by atoms with Gasteiger partial charge in [0.2, 0.25) is 0 Å². The second kappa shape index (κ2) is 5.75. The highest BCUT2D eigenvalue weighted by Gasteiger charge is 2.30. The van der Waals surface area contributed by atoms with Crippen LogP contribution in [0.15, 0.2) is 12.3 Å². The third kappa shape index (κ3) is 3.81. The number of carbonyl (C=O) groups excluding carboxylic acids is 2. The lowest BCUT2D eigenvalue weighted by Crippen LogP contribution is -2.47. The van der Waals surface area contributed by atoms with Crippen LogP contribution in [0.4, 0.5) is 4.79 Å². The molecule has 1 aromatic heterocycles. The summed E-state index contributed by atoms with van der Waals surface area (Å²) in [6, 6.07) is 0.747. The molecule has 0 fully saturated rings. The van der Waals surface area contributed by atoms with E-state index >= 15 is 0 Å². The Bertz CT molecular complexity index is 633. The van der Waals surface area contributed by atoms with Crippen molar-refractivity contribution in [1.29, 1.82) is 0 Å². The Morgan fingerprint density at radius 3 is 2.68 bits per heavy atom. The van der Waals surface area contributed by atoms with Crippen molar-refractivity contribution in [3.8, 4) is 0 Å². The van der Waals surface area contributed by atoms with E-state index in [1.807, 2.05) is 0 Å². The highest BCUT2D eigenvalue weighted by molar-refractivity contribution is 5.92. The molecule has 2 N–H and O–H groups in total. The fourth-order valence-corrected chi connectivity index (χ4v) is 2.19. The molecule has 0 unspecified atom stereocenters. The van der Waals surface area contributed by atoms with Gasteiger partial charge in [-0.3, -0.25) is 9.78 Å². The zero-order valence-corrected chi connectivity index (χ0v) is 12.7. The lowest BCUT2D eigenvalue weighted by molar-refractivity contribution is -0.120. The molecule has 0 radical (unpaired) electrons. The Morgan fingerprint density at radius 2 is 2.09 bits per heavy atom. The second-order valence-electron chi connectivity index (χ2n) is 6.18. The normalized spacial score (nSPS) is 17.6. The lowest BCUT2D eigenvalue weighted by atomic mass is 9.90. The number of aromatic carboxylic acids is 1. The first-order valence-corrected chi connectivity index (χ1v) is 6.89. The van der Waals surface area contributed by atoms with E-state index in [2.05, 4.69) is 10.3 Å². The van der Waals surface area contributed by atoms with E-state index in [1.165, 1.54) is 12.3 Å². The Morgan fingerprint density at radius 1 is 1.41 bits per heavy atom. The molecule has 1 atom stereocenters. The summed E-state index contributed by atoms with van der Waals surface area (Å²) in [7, 11) is 0. The van der Waals surface area contributed by atoms with E-state index in [9.17, 15) is 14.4 Å². The summed E-state index contributed by atoms with van der Waals surface area (Å²) in [6.45, 7) is 5.21. The van der Waals surface area contributed by atoms with Gasteiger partial charge in [-0.15, -0.1) is 0 Å². The molecule has 1 aliphatic rings. The maximum absolute atomic E-state index is 12.1. The molecule has 1 aromatic rings. The van der Waals surface area contributed by atoms with Crippen LogP contribution >= 0.6 is 0 Å². The van der Waals surface area contributed by atoms with Gasteiger partial charge in [0.25, 0.3) is 0 Å². The van der Waals surface area contributed by atoms with E-state index in [0.29, 0.717) is 11.3 Å². The molecule has 1 heterocycles. The summed E-state index contributed by atoms with van der Waals surface area (Å²) in [5.74, 6) is -1.28. The van der Waals surface area contributed by atoms with Crippen molar-refractivity contribution in [1.82, 2.24) is 10.3 Å². The minimum absolute atomic E-state index is 0.0456. The number of hydrogen-bond donors (Lipinski definition) is 2. The molecule has 7 heteroatoms. The number of carbonyl (C=O) groups is 3. The van der Waals surface area contributed by atoms with Crippen molar-refractivity contribution in [2.24, 2.45) is 0 Å². The molecule has 2 rings (SSSR count). The Balaban J connectivity index is 2.11. The summed E-state index contributed by atoms with van der Waals surface area (Å²) >= 11 is 0. The van der Waals surface area contributed by atoms with Crippen LogP contribution in [0.3, 0.4) is 0 Å². The van der Waals surface area contributed by atoms with Gasteiger partial charge in [-0.25, -0.2) is 9.59 Å². The van der Waals surface area contributed by atoms with Gasteiger partial charge in [0.05, 0.1) is 11.6 Å². The predicted octanol–water partition coefficient (Wildman–Crippen LogP) is 1.34. The number of rotatable bonds is 2. The summed E-state index contributed by atoms with van der Waals surface area (Å²) in [5.41, 5.74) is 0.608. The van der Waals surface area contributed by atoms with Crippen molar-refractivity contribution in [2.45, 2.75) is 45.3 Å². The number of hydrogen-bond acceptors (Lipinski definition) is 5. The Labute approximate surface area is 127 Å². The number of carboxylic acids is 1. The molecular formula is C15H18N2O5. The van der Waals surface area contributed by atoms with Gasteiger partial charge in [0.15, 0.2) is 5.78 Å². The largest absolute Gasteiger partial charge is 0.478 e. The van der Waals surface area contributed by atoms with Gasteiger partial charge in [0, 0.05) is 24.7 Å². The third-order valence-corrected chi connectivity index (χ3v) is 3.15. The Kier molecular flexibility index (Phi) is 4.16. The first kappa shape index (κ1) is 15.9. The molecule has 0 saturated heterocycles. The molecule has 0 saturated carbocycles. The number of carboxylic acid groups (broad SMARTS) is 1. The van der Waals surface area contributed by atoms with Crippen molar-refractivity contribution in [3.63, 3.8) is 0 Å². The number of amides is 1. The maximum atomic E-state index is 12.1. The van der Waals surface area contributed by atoms with Gasteiger partial charge < -0.3 is 15.2 Å². The van der Waals surface area contributed by atoms with E-state index in [-0.39, 0.29) is 24.2 Å². The number of Topliss-reactive ketones (excluding diaryl/α,β-unsaturated/α-hetero) is 1. The van der Waals surface area contributed by atoms with Crippen molar-refractivity contribution in [3.05, 3.63) is 29.1 Å². The van der Waals surface area contributed by atoms with Crippen molar-refractivity contribution < 1.29 is 24.2 Å². The van der Waals surface area contributed by atoms with Gasteiger partial charge in [-0.2, -0.15) is 0 Å². The summed E-state index contributed by atoms with van der Waals surface area (Å²) in [5, 5.41) is 11.5. The molecular weight excluding hydrogens is 288 g/mol. The average Bonchev–Trinajstić information content (AvgIpc) is 2.36. The fourth-order valence-electron chi connectivity index (χ4n) is 2.19. The summed E-state index contributed by atoms with van der Waals surface area (Å²) in [6.07, 6.45) is 0.870. The monoisotopic (exact) mass is 306 g/mol. The van der Waals surface area contributed by atoms with Crippen LogP contribution in [-0.4, -0.2) is 39.6 Å². The number of aromatic nitrogens is 1. The minimum Gasteiger partial charge on any atom is -0.478 e. The quantitative estimate of drug-likeness (QED) is 0.854. The zero-order chi connectivity index (χ0) is 16.5. The SMILES string of the molecule is CC(C)(C)OC(=O)N[C@@H]1Cc2ncc(C(=O)O)cc2CC1=O. The number of alkyl carbamates (subject to hydrolysis) is 1. The molecule has 0 aromatic carbocycles. The van der Waals surface area contributed by atoms with Gasteiger partial charge >= 0.3 is 12.1 Å². The number of fused-ring (bicyclic) bond motifs is 1. The van der Waals surface area contributed by atoms with E-state index in [4.69, 9.17) is 9.84 Å². The lowest BCUT2D eigenvalue weighted by Gasteiger charge is -2.26. The molecule has 0 spiro atoms. The van der Waals surface area contributed by atoms with Crippen LogP contribution < -0.4 is 5.32 Å². The van der Waals surface area contributed by atoms with Crippen molar-refractivity contribution >= 4 is 17.8 Å².